The van der Waals surface area contributed by atoms with Crippen molar-refractivity contribution in [1.82, 2.24) is 9.78 Å². The maximum absolute atomic E-state index is 12.5. The number of carboxylic acids is 1. The second kappa shape index (κ2) is 4.32. The van der Waals surface area contributed by atoms with Gasteiger partial charge in [-0.15, -0.1) is 0 Å². The van der Waals surface area contributed by atoms with E-state index >= 15 is 0 Å². The zero-order valence-electron chi connectivity index (χ0n) is 9.05. The number of para-hydroxylation sites is 1. The van der Waals surface area contributed by atoms with Gasteiger partial charge >= 0.3 is 12.1 Å². The standard InChI is InChI=1S/C11H9F3N2O2/c12-11(13,14)8(10(17)18)6-16-9-4-2-1-3-7(9)5-15-16/h1-5,8H,6H2,(H,17,18). The topological polar surface area (TPSA) is 55.1 Å². The largest absolute Gasteiger partial charge is 0.481 e. The highest BCUT2D eigenvalue weighted by Crippen LogP contribution is 2.28. The Morgan fingerprint density at radius 2 is 2.06 bits per heavy atom. The van der Waals surface area contributed by atoms with Crippen LogP contribution in [-0.2, 0) is 11.3 Å². The van der Waals surface area contributed by atoms with Gasteiger partial charge < -0.3 is 5.11 Å². The predicted molar refractivity (Wildman–Crippen MR) is 56.9 cm³/mol. The third-order valence-electron chi connectivity index (χ3n) is 2.60. The molecule has 0 saturated heterocycles. The second-order valence-electron chi connectivity index (χ2n) is 3.82. The first kappa shape index (κ1) is 12.4. The summed E-state index contributed by atoms with van der Waals surface area (Å²) in [5, 5.41) is 13.1. The highest BCUT2D eigenvalue weighted by Gasteiger charge is 2.45. The Morgan fingerprint density at radius 3 is 2.67 bits per heavy atom. The molecule has 0 amide bonds. The van der Waals surface area contributed by atoms with E-state index in [9.17, 15) is 18.0 Å². The fourth-order valence-corrected chi connectivity index (χ4v) is 1.67. The van der Waals surface area contributed by atoms with E-state index < -0.39 is 24.6 Å². The van der Waals surface area contributed by atoms with Crippen LogP contribution in [0.3, 0.4) is 0 Å². The maximum atomic E-state index is 12.5. The molecule has 0 saturated carbocycles. The lowest BCUT2D eigenvalue weighted by molar-refractivity contribution is -0.196. The van der Waals surface area contributed by atoms with Crippen LogP contribution >= 0.6 is 0 Å². The van der Waals surface area contributed by atoms with Crippen LogP contribution in [0.1, 0.15) is 0 Å². The number of benzene rings is 1. The molecule has 1 N–H and O–H groups in total. The molecule has 0 spiro atoms. The molecule has 7 heteroatoms. The first-order chi connectivity index (χ1) is 8.39. The van der Waals surface area contributed by atoms with E-state index in [1.54, 1.807) is 24.3 Å². The fraction of sp³-hybridized carbons (Fsp3) is 0.273. The smallest absolute Gasteiger partial charge is 0.404 e. The van der Waals surface area contributed by atoms with Gasteiger partial charge in [-0.25, -0.2) is 0 Å². The number of rotatable bonds is 3. The highest BCUT2D eigenvalue weighted by molar-refractivity contribution is 5.78. The van der Waals surface area contributed by atoms with Crippen molar-refractivity contribution in [3.8, 4) is 0 Å². The molecule has 0 aliphatic heterocycles. The highest BCUT2D eigenvalue weighted by atomic mass is 19.4. The second-order valence-corrected chi connectivity index (χ2v) is 3.82. The lowest BCUT2D eigenvalue weighted by atomic mass is 10.1. The summed E-state index contributed by atoms with van der Waals surface area (Å²) in [4.78, 5) is 10.6. The number of hydrogen-bond donors (Lipinski definition) is 1. The average Bonchev–Trinajstić information content (AvgIpc) is 2.67. The Labute approximate surface area is 99.6 Å². The summed E-state index contributed by atoms with van der Waals surface area (Å²) in [5.41, 5.74) is 0.480. The Morgan fingerprint density at radius 1 is 1.39 bits per heavy atom. The molecule has 1 heterocycles. The van der Waals surface area contributed by atoms with Gasteiger partial charge in [-0.3, -0.25) is 9.48 Å². The van der Waals surface area contributed by atoms with Crippen LogP contribution in [0.15, 0.2) is 30.5 Å². The number of aromatic nitrogens is 2. The fourth-order valence-electron chi connectivity index (χ4n) is 1.67. The van der Waals surface area contributed by atoms with Gasteiger partial charge in [-0.1, -0.05) is 18.2 Å². The summed E-state index contributed by atoms with van der Waals surface area (Å²) in [6.07, 6.45) is -3.39. The molecular weight excluding hydrogens is 249 g/mol. The van der Waals surface area contributed by atoms with E-state index in [1.165, 1.54) is 6.20 Å². The Bertz CT molecular complexity index is 577. The minimum Gasteiger partial charge on any atom is -0.481 e. The molecule has 18 heavy (non-hydrogen) atoms. The predicted octanol–water partition coefficient (Wildman–Crippen LogP) is 2.30. The first-order valence-electron chi connectivity index (χ1n) is 5.09. The summed E-state index contributed by atoms with van der Waals surface area (Å²) in [7, 11) is 0. The van der Waals surface area contributed by atoms with Crippen LogP contribution in [0, 0.1) is 5.92 Å². The number of carbonyl (C=O) groups is 1. The number of hydrogen-bond acceptors (Lipinski definition) is 2. The van der Waals surface area contributed by atoms with Crippen molar-refractivity contribution < 1.29 is 23.1 Å². The average molecular weight is 258 g/mol. The number of halogens is 3. The van der Waals surface area contributed by atoms with E-state index in [-0.39, 0.29) is 0 Å². The van der Waals surface area contributed by atoms with Gasteiger partial charge in [-0.05, 0) is 6.07 Å². The summed E-state index contributed by atoms with van der Waals surface area (Å²) in [6, 6.07) is 6.68. The number of fused-ring (bicyclic) bond motifs is 1. The molecule has 0 fully saturated rings. The molecule has 0 bridgehead atoms. The zero-order valence-corrected chi connectivity index (χ0v) is 9.05. The van der Waals surface area contributed by atoms with Gasteiger partial charge in [0, 0.05) is 5.39 Å². The summed E-state index contributed by atoms with van der Waals surface area (Å²) < 4.78 is 38.7. The van der Waals surface area contributed by atoms with Gasteiger partial charge in [0.05, 0.1) is 18.3 Å². The van der Waals surface area contributed by atoms with Gasteiger partial charge in [0.15, 0.2) is 5.92 Å². The minimum atomic E-state index is -4.79. The first-order valence-corrected chi connectivity index (χ1v) is 5.09. The monoisotopic (exact) mass is 258 g/mol. The summed E-state index contributed by atoms with van der Waals surface area (Å²) in [5.74, 6) is -4.36. The van der Waals surface area contributed by atoms with Crippen LogP contribution in [0.5, 0.6) is 0 Å². The Hall–Kier alpha value is -2.05. The molecule has 96 valence electrons. The van der Waals surface area contributed by atoms with Crippen LogP contribution in [0.2, 0.25) is 0 Å². The van der Waals surface area contributed by atoms with Crippen LogP contribution in [-0.4, -0.2) is 27.0 Å². The third-order valence-corrected chi connectivity index (χ3v) is 2.60. The van der Waals surface area contributed by atoms with Crippen molar-refractivity contribution in [2.45, 2.75) is 12.7 Å². The van der Waals surface area contributed by atoms with Crippen molar-refractivity contribution in [2.75, 3.05) is 0 Å². The van der Waals surface area contributed by atoms with Crippen molar-refractivity contribution in [3.05, 3.63) is 30.5 Å². The van der Waals surface area contributed by atoms with Gasteiger partial charge in [0.25, 0.3) is 0 Å². The van der Waals surface area contributed by atoms with Gasteiger partial charge in [0.1, 0.15) is 0 Å². The van der Waals surface area contributed by atoms with Crippen molar-refractivity contribution in [1.29, 1.82) is 0 Å². The van der Waals surface area contributed by atoms with Crippen molar-refractivity contribution >= 4 is 16.9 Å². The molecular formula is C11H9F3N2O2. The normalized spacial score (nSPS) is 13.7. The van der Waals surface area contributed by atoms with Gasteiger partial charge in [0.2, 0.25) is 0 Å². The molecule has 1 atom stereocenters. The lowest BCUT2D eigenvalue weighted by Gasteiger charge is -2.16. The Balaban J connectivity index is 2.35. The van der Waals surface area contributed by atoms with E-state index in [0.29, 0.717) is 10.9 Å². The number of carboxylic acid groups (broad SMARTS) is 1. The van der Waals surface area contributed by atoms with E-state index in [2.05, 4.69) is 5.10 Å². The summed E-state index contributed by atoms with van der Waals surface area (Å²) >= 11 is 0. The minimum absolute atomic E-state index is 0.480. The maximum Gasteiger partial charge on any atom is 0.404 e. The van der Waals surface area contributed by atoms with E-state index in [1.807, 2.05) is 0 Å². The quantitative estimate of drug-likeness (QED) is 0.919. The molecule has 1 aromatic heterocycles. The summed E-state index contributed by atoms with van der Waals surface area (Å²) in [6.45, 7) is -0.730. The van der Waals surface area contributed by atoms with Crippen molar-refractivity contribution in [3.63, 3.8) is 0 Å². The molecule has 2 rings (SSSR count). The molecule has 0 aliphatic carbocycles. The molecule has 4 nitrogen and oxygen atoms in total. The van der Waals surface area contributed by atoms with Crippen LogP contribution in [0.25, 0.3) is 10.9 Å². The van der Waals surface area contributed by atoms with Gasteiger partial charge in [-0.2, -0.15) is 18.3 Å². The third kappa shape index (κ3) is 2.29. The number of alkyl halides is 3. The Kier molecular flexibility index (Phi) is 2.98. The van der Waals surface area contributed by atoms with E-state index in [4.69, 9.17) is 5.11 Å². The molecule has 2 aromatic rings. The van der Waals surface area contributed by atoms with Crippen molar-refractivity contribution in [2.24, 2.45) is 5.92 Å². The van der Waals surface area contributed by atoms with Crippen LogP contribution in [0.4, 0.5) is 13.2 Å². The molecule has 0 aliphatic rings. The zero-order chi connectivity index (χ0) is 13.3. The van der Waals surface area contributed by atoms with Crippen LogP contribution < -0.4 is 0 Å². The molecule has 1 unspecified atom stereocenters. The number of nitrogens with zero attached hydrogens (tertiary/aromatic N) is 2. The molecule has 0 radical (unpaired) electrons. The van der Waals surface area contributed by atoms with E-state index in [0.717, 1.165) is 4.68 Å². The number of aliphatic carboxylic acids is 1. The SMILES string of the molecule is O=C(O)C(Cn1ncc2ccccc21)C(F)(F)F. The molecule has 1 aromatic carbocycles. The lowest BCUT2D eigenvalue weighted by Crippen LogP contribution is -2.34.